The van der Waals surface area contributed by atoms with Crippen LogP contribution in [0.25, 0.3) is 0 Å². The Balaban J connectivity index is 2.07. The maximum atomic E-state index is 13.3. The zero-order chi connectivity index (χ0) is 24.4. The van der Waals surface area contributed by atoms with Crippen molar-refractivity contribution < 1.29 is 33.3 Å². The Hall–Kier alpha value is -2.67. The normalized spacial score (nSPS) is 27.2. The van der Waals surface area contributed by atoms with Gasteiger partial charge in [0.25, 0.3) is 0 Å². The van der Waals surface area contributed by atoms with Crippen LogP contribution >= 0.6 is 0 Å². The van der Waals surface area contributed by atoms with E-state index in [0.29, 0.717) is 17.6 Å². The van der Waals surface area contributed by atoms with E-state index in [1.807, 2.05) is 25.1 Å². The Morgan fingerprint density at radius 1 is 0.939 bits per heavy atom. The molecule has 0 radical (unpaired) electrons. The molecule has 1 aromatic rings. The molecule has 4 atom stereocenters. The number of carbonyl (C=O) groups is 3. The maximum absolute atomic E-state index is 13.3. The minimum Gasteiger partial charge on any atom is -0.466 e. The highest BCUT2D eigenvalue weighted by atomic mass is 16.6. The monoisotopic (exact) mass is 458 g/mol. The molecule has 0 aromatic heterocycles. The summed E-state index contributed by atoms with van der Waals surface area (Å²) < 4.78 is 21.7. The van der Waals surface area contributed by atoms with Crippen molar-refractivity contribution in [3.8, 4) is 0 Å². The minimum atomic E-state index is -0.892. The molecule has 3 rings (SSSR count). The molecule has 7 heteroatoms. The van der Waals surface area contributed by atoms with Gasteiger partial charge in [-0.25, -0.2) is 14.4 Å². The zero-order valence-corrected chi connectivity index (χ0v) is 20.3. The second-order valence-corrected chi connectivity index (χ2v) is 9.78. The Bertz CT molecular complexity index is 933. The summed E-state index contributed by atoms with van der Waals surface area (Å²) in [7, 11) is 4.05. The summed E-state index contributed by atoms with van der Waals surface area (Å²) in [5.74, 6) is -1.86. The van der Waals surface area contributed by atoms with E-state index in [1.54, 1.807) is 12.1 Å². The number of carbonyl (C=O) groups excluding carboxylic acids is 3. The van der Waals surface area contributed by atoms with E-state index in [9.17, 15) is 14.4 Å². The van der Waals surface area contributed by atoms with Gasteiger partial charge in [-0.2, -0.15) is 0 Å². The van der Waals surface area contributed by atoms with Crippen LogP contribution in [0.3, 0.4) is 0 Å². The number of fused-ring (bicyclic) bond motifs is 1. The van der Waals surface area contributed by atoms with E-state index in [0.717, 1.165) is 12.8 Å². The van der Waals surface area contributed by atoms with Gasteiger partial charge in [-0.15, -0.1) is 0 Å². The third-order valence-corrected chi connectivity index (χ3v) is 7.34. The van der Waals surface area contributed by atoms with Gasteiger partial charge in [0, 0.05) is 24.9 Å². The van der Waals surface area contributed by atoms with Crippen molar-refractivity contribution in [2.24, 2.45) is 16.7 Å². The van der Waals surface area contributed by atoms with Crippen molar-refractivity contribution in [3.05, 3.63) is 47.0 Å². The predicted molar refractivity (Wildman–Crippen MR) is 121 cm³/mol. The number of hydrogen-bond acceptors (Lipinski definition) is 7. The standard InChI is InChI=1S/C26H34O7/c1-25(2)13-10-14-26(3)19(23(28)32-6)17(22(27)31-5)15-18(21(25)26)33-24(29)20(30-4)16-11-8-7-9-12-16/h7-9,11-12,18,20-21H,10,13-15H2,1-6H3/t18-,20+,21-,26+/m0/s1. The quantitative estimate of drug-likeness (QED) is 0.467. The van der Waals surface area contributed by atoms with Gasteiger partial charge < -0.3 is 18.9 Å². The van der Waals surface area contributed by atoms with Crippen LogP contribution in [0.15, 0.2) is 41.5 Å². The molecule has 2 aliphatic rings. The van der Waals surface area contributed by atoms with E-state index in [1.165, 1.54) is 21.3 Å². The molecule has 2 aliphatic carbocycles. The number of benzene rings is 1. The summed E-state index contributed by atoms with van der Waals surface area (Å²) in [6.07, 6.45) is 1.03. The molecule has 1 fully saturated rings. The fourth-order valence-electron chi connectivity index (χ4n) is 6.13. The third kappa shape index (κ3) is 4.56. The van der Waals surface area contributed by atoms with Crippen LogP contribution in [-0.2, 0) is 33.3 Å². The zero-order valence-electron chi connectivity index (χ0n) is 20.3. The lowest BCUT2D eigenvalue weighted by Crippen LogP contribution is -2.55. The van der Waals surface area contributed by atoms with Crippen molar-refractivity contribution in [3.63, 3.8) is 0 Å². The van der Waals surface area contributed by atoms with Crippen LogP contribution in [-0.4, -0.2) is 45.3 Å². The third-order valence-electron chi connectivity index (χ3n) is 7.34. The van der Waals surface area contributed by atoms with Crippen LogP contribution in [0.1, 0.15) is 58.1 Å². The van der Waals surface area contributed by atoms with Crippen molar-refractivity contribution >= 4 is 17.9 Å². The lowest BCUT2D eigenvalue weighted by atomic mass is 9.49. The molecule has 180 valence electrons. The number of ether oxygens (including phenoxy) is 4. The topological polar surface area (TPSA) is 88.1 Å². The lowest BCUT2D eigenvalue weighted by molar-refractivity contribution is -0.176. The first-order chi connectivity index (χ1) is 15.6. The molecule has 7 nitrogen and oxygen atoms in total. The smallest absolute Gasteiger partial charge is 0.340 e. The molecule has 0 amide bonds. The van der Waals surface area contributed by atoms with Gasteiger partial charge in [0.1, 0.15) is 6.10 Å². The minimum absolute atomic E-state index is 0.0811. The van der Waals surface area contributed by atoms with Crippen LogP contribution in [0.4, 0.5) is 0 Å². The molecule has 0 bridgehead atoms. The SMILES string of the molecule is COC(=O)C1=C(C(=O)OC)[C@@]2(C)CCCC(C)(C)[C@@H]2[C@@H](OC(=O)[C@H](OC)c2ccccc2)C1. The van der Waals surface area contributed by atoms with Gasteiger partial charge in [-0.3, -0.25) is 0 Å². The summed E-state index contributed by atoms with van der Waals surface area (Å²) in [4.78, 5) is 39.0. The molecule has 1 aromatic carbocycles. The van der Waals surface area contributed by atoms with E-state index in [-0.39, 0.29) is 23.3 Å². The number of methoxy groups -OCH3 is 3. The molecular formula is C26H34O7. The molecule has 0 N–H and O–H groups in total. The van der Waals surface area contributed by atoms with Gasteiger partial charge in [0.05, 0.1) is 25.4 Å². The lowest BCUT2D eigenvalue weighted by Gasteiger charge is -2.56. The molecule has 0 aliphatic heterocycles. The number of hydrogen-bond donors (Lipinski definition) is 0. The molecule has 33 heavy (non-hydrogen) atoms. The van der Waals surface area contributed by atoms with Crippen LogP contribution in [0.5, 0.6) is 0 Å². The fraction of sp³-hybridized carbons (Fsp3) is 0.577. The summed E-state index contributed by atoms with van der Waals surface area (Å²) in [6.45, 7) is 6.22. The fourth-order valence-corrected chi connectivity index (χ4v) is 6.13. The van der Waals surface area contributed by atoms with Gasteiger partial charge in [-0.1, -0.05) is 57.5 Å². The van der Waals surface area contributed by atoms with Crippen molar-refractivity contribution in [2.45, 2.75) is 58.7 Å². The highest BCUT2D eigenvalue weighted by Crippen LogP contribution is 2.60. The van der Waals surface area contributed by atoms with E-state index < -0.39 is 35.5 Å². The second-order valence-electron chi connectivity index (χ2n) is 9.78. The molecule has 0 saturated heterocycles. The average Bonchev–Trinajstić information content (AvgIpc) is 2.78. The maximum Gasteiger partial charge on any atom is 0.340 e. The molecule has 0 heterocycles. The highest BCUT2D eigenvalue weighted by Gasteiger charge is 2.59. The Labute approximate surface area is 195 Å². The van der Waals surface area contributed by atoms with Crippen LogP contribution < -0.4 is 0 Å². The average molecular weight is 459 g/mol. The highest BCUT2D eigenvalue weighted by molar-refractivity contribution is 6.02. The summed E-state index contributed by atoms with van der Waals surface area (Å²) >= 11 is 0. The predicted octanol–water partition coefficient (Wildman–Crippen LogP) is 4.16. The largest absolute Gasteiger partial charge is 0.466 e. The molecule has 1 saturated carbocycles. The van der Waals surface area contributed by atoms with E-state index in [2.05, 4.69) is 13.8 Å². The van der Waals surface area contributed by atoms with E-state index >= 15 is 0 Å². The summed E-state index contributed by atoms with van der Waals surface area (Å²) in [5, 5.41) is 0. The van der Waals surface area contributed by atoms with Gasteiger partial charge in [0.2, 0.25) is 0 Å². The Morgan fingerprint density at radius 2 is 1.58 bits per heavy atom. The number of rotatable bonds is 6. The molecule has 0 spiro atoms. The van der Waals surface area contributed by atoms with Crippen molar-refractivity contribution in [1.82, 2.24) is 0 Å². The summed E-state index contributed by atoms with van der Waals surface area (Å²) in [5.41, 5.74) is 0.288. The number of esters is 3. The Morgan fingerprint density at radius 3 is 2.15 bits per heavy atom. The molecular weight excluding hydrogens is 424 g/mol. The van der Waals surface area contributed by atoms with Gasteiger partial charge in [-0.05, 0) is 23.8 Å². The first-order valence-electron chi connectivity index (χ1n) is 11.3. The van der Waals surface area contributed by atoms with Gasteiger partial charge in [0.15, 0.2) is 6.10 Å². The second kappa shape index (κ2) is 9.67. The first-order valence-corrected chi connectivity index (χ1v) is 11.3. The van der Waals surface area contributed by atoms with Crippen molar-refractivity contribution in [1.29, 1.82) is 0 Å². The van der Waals surface area contributed by atoms with Crippen molar-refractivity contribution in [2.75, 3.05) is 21.3 Å². The van der Waals surface area contributed by atoms with Crippen LogP contribution in [0, 0.1) is 16.7 Å². The first kappa shape index (κ1) is 25.0. The summed E-state index contributed by atoms with van der Waals surface area (Å²) in [6, 6.07) is 9.13. The van der Waals surface area contributed by atoms with Gasteiger partial charge >= 0.3 is 17.9 Å². The van der Waals surface area contributed by atoms with Crippen LogP contribution in [0.2, 0.25) is 0 Å². The Kier molecular flexibility index (Phi) is 7.32. The molecule has 0 unspecified atom stereocenters. The van der Waals surface area contributed by atoms with E-state index in [4.69, 9.17) is 18.9 Å².